The molecule has 0 saturated carbocycles. The number of carbonyl (C=O) groups is 2. The largest absolute Gasteiger partial charge is 0.465 e. The first-order valence-corrected chi connectivity index (χ1v) is 2.48. The number of rotatable bonds is 2. The van der Waals surface area contributed by atoms with Crippen molar-refractivity contribution in [1.82, 2.24) is 5.32 Å². The van der Waals surface area contributed by atoms with Crippen molar-refractivity contribution in [3.8, 4) is 0 Å². The van der Waals surface area contributed by atoms with Crippen LogP contribution in [-0.4, -0.2) is 23.2 Å². The van der Waals surface area contributed by atoms with Crippen LogP contribution in [0.5, 0.6) is 0 Å². The fraction of sp³-hybridized carbons (Fsp3) is 0.500. The average molecular weight is 148 g/mol. The summed E-state index contributed by atoms with van der Waals surface area (Å²) in [6, 6.07) is -0.928. The summed E-state index contributed by atoms with van der Waals surface area (Å²) < 4.78 is 0. The van der Waals surface area contributed by atoms with Crippen LogP contribution < -0.4 is 11.2 Å². The maximum Gasteiger partial charge on any atom is 0.405 e. The van der Waals surface area contributed by atoms with Crippen LogP contribution in [0.15, 0.2) is 0 Å². The summed E-state index contributed by atoms with van der Waals surface area (Å²) in [5.41, 5.74) is 0. The van der Waals surface area contributed by atoms with Gasteiger partial charge in [-0.2, -0.15) is 5.90 Å². The summed E-state index contributed by atoms with van der Waals surface area (Å²) in [6.07, 6.45) is -1.29. The van der Waals surface area contributed by atoms with Crippen LogP contribution in [0, 0.1) is 0 Å². The fourth-order valence-corrected chi connectivity index (χ4v) is 0.346. The van der Waals surface area contributed by atoms with E-state index in [1.165, 1.54) is 6.92 Å². The van der Waals surface area contributed by atoms with Crippen LogP contribution in [0.25, 0.3) is 0 Å². The number of hydrogen-bond acceptors (Lipinski definition) is 4. The van der Waals surface area contributed by atoms with Crippen LogP contribution in [0.1, 0.15) is 6.92 Å². The highest BCUT2D eigenvalue weighted by Gasteiger charge is 2.14. The van der Waals surface area contributed by atoms with E-state index in [0.717, 1.165) is 0 Å². The number of nitrogens with one attached hydrogen (secondary N) is 1. The highest BCUT2D eigenvalue weighted by atomic mass is 16.7. The van der Waals surface area contributed by atoms with Crippen molar-refractivity contribution >= 4 is 12.1 Å². The first-order valence-electron chi connectivity index (χ1n) is 2.48. The normalized spacial score (nSPS) is 11.8. The summed E-state index contributed by atoms with van der Waals surface area (Å²) in [7, 11) is 0. The second kappa shape index (κ2) is 3.67. The van der Waals surface area contributed by atoms with Crippen molar-refractivity contribution in [2.45, 2.75) is 13.0 Å². The zero-order valence-electron chi connectivity index (χ0n) is 5.33. The maximum absolute atomic E-state index is 10.4. The lowest BCUT2D eigenvalue weighted by molar-refractivity contribution is -0.146. The summed E-state index contributed by atoms with van der Waals surface area (Å²) in [5, 5.41) is 9.92. The van der Waals surface area contributed by atoms with E-state index in [2.05, 4.69) is 10.7 Å². The van der Waals surface area contributed by atoms with Crippen LogP contribution in [0.3, 0.4) is 0 Å². The minimum atomic E-state index is -1.29. The first kappa shape index (κ1) is 8.70. The van der Waals surface area contributed by atoms with Crippen molar-refractivity contribution in [3.63, 3.8) is 0 Å². The van der Waals surface area contributed by atoms with Gasteiger partial charge < -0.3 is 15.3 Å². The first-order chi connectivity index (χ1) is 4.57. The molecule has 6 heteroatoms. The Labute approximate surface area is 56.9 Å². The number of hydrogen-bond donors (Lipinski definition) is 3. The van der Waals surface area contributed by atoms with Gasteiger partial charge in [-0.3, -0.25) is 0 Å². The smallest absolute Gasteiger partial charge is 0.405 e. The second-order valence-electron chi connectivity index (χ2n) is 1.61. The monoisotopic (exact) mass is 148 g/mol. The quantitative estimate of drug-likeness (QED) is 0.438. The van der Waals surface area contributed by atoms with E-state index < -0.39 is 18.1 Å². The molecule has 0 bridgehead atoms. The Bertz CT molecular complexity index is 146. The molecule has 10 heavy (non-hydrogen) atoms. The Balaban J connectivity index is 3.72. The third-order valence-corrected chi connectivity index (χ3v) is 0.810. The van der Waals surface area contributed by atoms with E-state index in [1.54, 1.807) is 0 Å². The van der Waals surface area contributed by atoms with Gasteiger partial charge in [0, 0.05) is 0 Å². The average Bonchev–Trinajstić information content (AvgIpc) is 1.85. The fourth-order valence-electron chi connectivity index (χ4n) is 0.346. The molecule has 4 N–H and O–H groups in total. The minimum Gasteiger partial charge on any atom is -0.465 e. The topological polar surface area (TPSA) is 102 Å². The molecule has 0 aromatic rings. The van der Waals surface area contributed by atoms with Gasteiger partial charge in [-0.1, -0.05) is 0 Å². The zero-order valence-corrected chi connectivity index (χ0v) is 5.33. The molecule has 1 amide bonds. The van der Waals surface area contributed by atoms with Crippen LogP contribution >= 0.6 is 0 Å². The molecule has 0 aliphatic carbocycles. The van der Waals surface area contributed by atoms with Gasteiger partial charge in [0.2, 0.25) is 0 Å². The highest BCUT2D eigenvalue weighted by Crippen LogP contribution is 1.82. The van der Waals surface area contributed by atoms with Crippen molar-refractivity contribution in [2.24, 2.45) is 5.90 Å². The molecular weight excluding hydrogens is 140 g/mol. The predicted molar refractivity (Wildman–Crippen MR) is 30.9 cm³/mol. The van der Waals surface area contributed by atoms with Crippen LogP contribution in [0.2, 0.25) is 0 Å². The van der Waals surface area contributed by atoms with Crippen LogP contribution in [0.4, 0.5) is 4.79 Å². The molecule has 1 atom stereocenters. The van der Waals surface area contributed by atoms with Gasteiger partial charge in [0.05, 0.1) is 0 Å². The van der Waals surface area contributed by atoms with E-state index in [9.17, 15) is 9.59 Å². The van der Waals surface area contributed by atoms with Crippen molar-refractivity contribution in [3.05, 3.63) is 0 Å². The molecule has 0 saturated heterocycles. The molecule has 0 aliphatic rings. The predicted octanol–water partition coefficient (Wildman–Crippen LogP) is -0.941. The van der Waals surface area contributed by atoms with E-state index in [0.29, 0.717) is 0 Å². The van der Waals surface area contributed by atoms with Gasteiger partial charge >= 0.3 is 12.1 Å². The van der Waals surface area contributed by atoms with Gasteiger partial charge in [-0.25, -0.2) is 9.59 Å². The molecule has 58 valence electrons. The lowest BCUT2D eigenvalue weighted by Crippen LogP contribution is -2.39. The highest BCUT2D eigenvalue weighted by molar-refractivity contribution is 5.79. The Hall–Kier alpha value is -1.30. The van der Waals surface area contributed by atoms with Gasteiger partial charge in [-0.05, 0) is 6.92 Å². The van der Waals surface area contributed by atoms with E-state index in [4.69, 9.17) is 5.11 Å². The summed E-state index contributed by atoms with van der Waals surface area (Å²) in [6.45, 7) is 1.32. The SMILES string of the molecule is C[C@@H](NC(=O)O)C(=O)ON. The molecule has 0 unspecified atom stereocenters. The van der Waals surface area contributed by atoms with Gasteiger partial charge in [0.15, 0.2) is 0 Å². The Morgan fingerprint density at radius 1 is 1.70 bits per heavy atom. The minimum absolute atomic E-state index is 0.817. The number of amides is 1. The second-order valence-corrected chi connectivity index (χ2v) is 1.61. The molecular formula is C4H8N2O4. The third-order valence-electron chi connectivity index (χ3n) is 0.810. The van der Waals surface area contributed by atoms with Crippen molar-refractivity contribution in [1.29, 1.82) is 0 Å². The molecule has 0 radical (unpaired) electrons. The van der Waals surface area contributed by atoms with Gasteiger partial charge in [0.25, 0.3) is 0 Å². The summed E-state index contributed by atoms with van der Waals surface area (Å²) >= 11 is 0. The lowest BCUT2D eigenvalue weighted by Gasteiger charge is -2.06. The summed E-state index contributed by atoms with van der Waals surface area (Å²) in [5.74, 6) is 3.65. The Morgan fingerprint density at radius 3 is 2.50 bits per heavy atom. The molecule has 0 spiro atoms. The Morgan fingerprint density at radius 2 is 2.20 bits per heavy atom. The van der Waals surface area contributed by atoms with E-state index in [-0.39, 0.29) is 0 Å². The van der Waals surface area contributed by atoms with Gasteiger partial charge in [-0.15, -0.1) is 0 Å². The van der Waals surface area contributed by atoms with E-state index >= 15 is 0 Å². The molecule has 0 aromatic heterocycles. The molecule has 0 rings (SSSR count). The zero-order chi connectivity index (χ0) is 8.15. The molecule has 0 heterocycles. The molecule has 0 aromatic carbocycles. The third kappa shape index (κ3) is 2.88. The lowest BCUT2D eigenvalue weighted by atomic mass is 10.3. The van der Waals surface area contributed by atoms with Gasteiger partial charge in [0.1, 0.15) is 6.04 Å². The summed E-state index contributed by atoms with van der Waals surface area (Å²) in [4.78, 5) is 24.0. The molecule has 6 nitrogen and oxygen atoms in total. The number of carbonyl (C=O) groups excluding carboxylic acids is 1. The van der Waals surface area contributed by atoms with Crippen LogP contribution in [-0.2, 0) is 9.63 Å². The van der Waals surface area contributed by atoms with Crippen molar-refractivity contribution < 1.29 is 19.5 Å². The van der Waals surface area contributed by atoms with E-state index in [1.807, 2.05) is 5.32 Å². The number of nitrogens with two attached hydrogens (primary N) is 1. The Kier molecular flexibility index (Phi) is 3.20. The number of carboxylic acid groups (broad SMARTS) is 1. The van der Waals surface area contributed by atoms with Crippen molar-refractivity contribution in [2.75, 3.05) is 0 Å². The maximum atomic E-state index is 10.4. The molecule has 0 fully saturated rings. The standard InChI is InChI=1S/C4H8N2O4/c1-2(3(7)10-5)6-4(8)9/h2,6H,5H2,1H3,(H,8,9)/t2-/m1/s1. The molecule has 0 aliphatic heterocycles.